The molecule has 0 aromatic heterocycles. The van der Waals surface area contributed by atoms with Crippen LogP contribution in [-0.2, 0) is 9.53 Å². The highest BCUT2D eigenvalue weighted by Gasteiger charge is 2.02. The van der Waals surface area contributed by atoms with Crippen molar-refractivity contribution in [2.45, 2.75) is 6.42 Å². The quantitative estimate of drug-likeness (QED) is 0.476. The summed E-state index contributed by atoms with van der Waals surface area (Å²) in [6.45, 7) is 1.08. The maximum atomic E-state index is 11.1. The highest BCUT2D eigenvalue weighted by atomic mass is 32.2. The van der Waals surface area contributed by atoms with E-state index in [9.17, 15) is 4.79 Å². The Morgan fingerprint density at radius 1 is 1.54 bits per heavy atom. The lowest BCUT2D eigenvalue weighted by molar-refractivity contribution is -0.111. The molecule has 0 bridgehead atoms. The number of hydrogen-bond donors (Lipinski definition) is 1. The fraction of sp³-hybridized carbons (Fsp3) is 0.875. The fourth-order valence-corrected chi connectivity index (χ4v) is 1.19. The third kappa shape index (κ3) is 9.82. The van der Waals surface area contributed by atoms with Crippen molar-refractivity contribution in [3.63, 3.8) is 0 Å². The topological polar surface area (TPSA) is 49.8 Å². The van der Waals surface area contributed by atoms with E-state index >= 15 is 0 Å². The lowest BCUT2D eigenvalue weighted by Crippen LogP contribution is -2.15. The Hall–Kier alpha value is -0.100. The molecule has 1 N–H and O–H groups in total. The van der Waals surface area contributed by atoms with E-state index in [0.29, 0.717) is 19.0 Å². The summed E-state index contributed by atoms with van der Waals surface area (Å²) in [5.74, 6) is 0.340. The van der Waals surface area contributed by atoms with E-state index in [0.717, 1.165) is 18.3 Å². The summed E-state index contributed by atoms with van der Waals surface area (Å²) >= 11 is 1.16. The summed E-state index contributed by atoms with van der Waals surface area (Å²) < 4.78 is 4.94. The van der Waals surface area contributed by atoms with Crippen molar-refractivity contribution in [2.24, 2.45) is 0 Å². The number of ether oxygens (including phenoxy) is 1. The number of carbonyl (C=O) groups is 1. The van der Waals surface area contributed by atoms with Crippen molar-refractivity contribution in [3.8, 4) is 0 Å². The molecule has 5 heteroatoms. The van der Waals surface area contributed by atoms with Crippen LogP contribution in [0.5, 0.6) is 0 Å². The summed E-state index contributed by atoms with van der Waals surface area (Å²) in [7, 11) is 3.86. The van der Waals surface area contributed by atoms with Gasteiger partial charge in [-0.15, -0.1) is 0 Å². The Morgan fingerprint density at radius 2 is 2.23 bits per heavy atom. The summed E-state index contributed by atoms with van der Waals surface area (Å²) in [5.41, 5.74) is 0. The highest BCUT2D eigenvalue weighted by Crippen LogP contribution is 2.05. The maximum Gasteiger partial charge on any atom is 0.192 e. The first-order valence-electron chi connectivity index (χ1n) is 4.15. The van der Waals surface area contributed by atoms with Gasteiger partial charge < -0.3 is 14.7 Å². The number of nitrogens with zero attached hydrogens (tertiary/aromatic N) is 1. The fourth-order valence-electron chi connectivity index (χ4n) is 0.618. The van der Waals surface area contributed by atoms with Crippen molar-refractivity contribution in [2.75, 3.05) is 39.8 Å². The molecule has 0 heterocycles. The second-order valence-electron chi connectivity index (χ2n) is 2.82. The van der Waals surface area contributed by atoms with Crippen LogP contribution in [0.4, 0.5) is 0 Å². The lowest BCUT2D eigenvalue weighted by atomic mass is 10.4. The molecule has 0 aliphatic heterocycles. The minimum atomic E-state index is 0.00640. The molecule has 0 aromatic carbocycles. The Balaban J connectivity index is 3.20. The largest absolute Gasteiger partial charge is 0.394 e. The average Bonchev–Trinajstić information content (AvgIpc) is 2.09. The normalized spacial score (nSPS) is 10.8. The van der Waals surface area contributed by atoms with Crippen molar-refractivity contribution in [3.05, 3.63) is 0 Å². The predicted octanol–water partition coefficient (Wildman–Crippen LogP) is 0.164. The van der Waals surface area contributed by atoms with Gasteiger partial charge in [0.25, 0.3) is 0 Å². The van der Waals surface area contributed by atoms with Gasteiger partial charge in [0, 0.05) is 13.0 Å². The van der Waals surface area contributed by atoms with Crippen molar-refractivity contribution in [1.82, 2.24) is 4.90 Å². The summed E-state index contributed by atoms with van der Waals surface area (Å²) in [4.78, 5) is 13.1. The molecule has 0 fully saturated rings. The van der Waals surface area contributed by atoms with E-state index < -0.39 is 0 Å². The van der Waals surface area contributed by atoms with Crippen LogP contribution in [0.1, 0.15) is 6.42 Å². The van der Waals surface area contributed by atoms with Crippen LogP contribution in [0.25, 0.3) is 0 Å². The number of rotatable bonds is 7. The van der Waals surface area contributed by atoms with Gasteiger partial charge in [-0.1, -0.05) is 11.8 Å². The molecule has 0 radical (unpaired) electrons. The molecule has 4 nitrogen and oxygen atoms in total. The molecule has 0 aromatic rings. The van der Waals surface area contributed by atoms with Crippen LogP contribution in [0.3, 0.4) is 0 Å². The molecule has 0 atom stereocenters. The Labute approximate surface area is 83.2 Å². The monoisotopic (exact) mass is 207 g/mol. The molecule has 0 aliphatic rings. The van der Waals surface area contributed by atoms with Gasteiger partial charge in [0.1, 0.15) is 0 Å². The molecule has 0 unspecified atom stereocenters. The smallest absolute Gasteiger partial charge is 0.192 e. The van der Waals surface area contributed by atoms with E-state index in [1.165, 1.54) is 0 Å². The summed E-state index contributed by atoms with van der Waals surface area (Å²) in [6.07, 6.45) is 0.542. The van der Waals surface area contributed by atoms with Gasteiger partial charge in [-0.3, -0.25) is 4.79 Å². The van der Waals surface area contributed by atoms with Gasteiger partial charge in [-0.05, 0) is 14.1 Å². The van der Waals surface area contributed by atoms with Gasteiger partial charge in [0.15, 0.2) is 5.12 Å². The van der Waals surface area contributed by atoms with Gasteiger partial charge in [0.2, 0.25) is 0 Å². The van der Waals surface area contributed by atoms with Crippen LogP contribution in [-0.4, -0.2) is 54.9 Å². The molecule has 0 aliphatic carbocycles. The number of thioether (sulfide) groups is 1. The first kappa shape index (κ1) is 12.9. The molecule has 78 valence electrons. The van der Waals surface area contributed by atoms with E-state index in [2.05, 4.69) is 0 Å². The lowest BCUT2D eigenvalue weighted by Gasteiger charge is -2.07. The maximum absolute atomic E-state index is 11.1. The molecule has 13 heavy (non-hydrogen) atoms. The van der Waals surface area contributed by atoms with Gasteiger partial charge in [-0.2, -0.15) is 0 Å². The van der Waals surface area contributed by atoms with E-state index in [1.807, 2.05) is 19.0 Å². The third-order valence-electron chi connectivity index (χ3n) is 1.30. The number of carbonyl (C=O) groups excluding carboxylic acids is 1. The zero-order chi connectivity index (χ0) is 10.1. The van der Waals surface area contributed by atoms with Crippen LogP contribution in [0.15, 0.2) is 0 Å². The minimum absolute atomic E-state index is 0.00640. The van der Waals surface area contributed by atoms with Crippen molar-refractivity contribution < 1.29 is 14.6 Å². The number of aliphatic hydroxyl groups excluding tert-OH is 1. The molecule has 0 rings (SSSR count). The SMILES string of the molecule is CN(C)CCC(=O)SCOCCO. The number of hydrogen-bond acceptors (Lipinski definition) is 5. The first-order chi connectivity index (χ1) is 6.16. The van der Waals surface area contributed by atoms with E-state index in [4.69, 9.17) is 9.84 Å². The van der Waals surface area contributed by atoms with Crippen LogP contribution in [0, 0.1) is 0 Å². The second kappa shape index (κ2) is 8.50. The number of aliphatic hydroxyl groups is 1. The van der Waals surface area contributed by atoms with Crippen LogP contribution < -0.4 is 0 Å². The molecular weight excluding hydrogens is 190 g/mol. The predicted molar refractivity (Wildman–Crippen MR) is 53.7 cm³/mol. The Morgan fingerprint density at radius 3 is 2.77 bits per heavy atom. The summed E-state index contributed by atoms with van der Waals surface area (Å²) in [5, 5.41) is 8.51. The molecule has 0 saturated carbocycles. The first-order valence-corrected chi connectivity index (χ1v) is 5.14. The zero-order valence-electron chi connectivity index (χ0n) is 8.15. The van der Waals surface area contributed by atoms with Gasteiger partial charge in [0.05, 0.1) is 19.2 Å². The zero-order valence-corrected chi connectivity index (χ0v) is 8.97. The minimum Gasteiger partial charge on any atom is -0.394 e. The Bertz CT molecular complexity index is 141. The van der Waals surface area contributed by atoms with Crippen LogP contribution >= 0.6 is 11.8 Å². The third-order valence-corrected chi connectivity index (χ3v) is 2.11. The van der Waals surface area contributed by atoms with Crippen LogP contribution in [0.2, 0.25) is 0 Å². The molecular formula is C8H17NO3S. The van der Waals surface area contributed by atoms with Crippen molar-refractivity contribution in [1.29, 1.82) is 0 Å². The highest BCUT2D eigenvalue weighted by molar-refractivity contribution is 8.13. The van der Waals surface area contributed by atoms with Gasteiger partial charge >= 0.3 is 0 Å². The van der Waals surface area contributed by atoms with Gasteiger partial charge in [-0.25, -0.2) is 0 Å². The van der Waals surface area contributed by atoms with E-state index in [-0.39, 0.29) is 11.7 Å². The molecule has 0 spiro atoms. The molecule has 0 saturated heterocycles. The Kier molecular flexibility index (Phi) is 8.43. The summed E-state index contributed by atoms with van der Waals surface area (Å²) in [6, 6.07) is 0. The van der Waals surface area contributed by atoms with Crippen molar-refractivity contribution >= 4 is 16.9 Å². The molecule has 0 amide bonds. The standard InChI is InChI=1S/C8H17NO3S/c1-9(2)4-3-8(11)13-7-12-6-5-10/h10H,3-7H2,1-2H3. The van der Waals surface area contributed by atoms with E-state index in [1.54, 1.807) is 0 Å². The average molecular weight is 207 g/mol. The second-order valence-corrected chi connectivity index (χ2v) is 3.80.